The van der Waals surface area contributed by atoms with Crippen LogP contribution in [-0.2, 0) is 0 Å². The first kappa shape index (κ1) is 24.6. The van der Waals surface area contributed by atoms with Crippen LogP contribution in [0.15, 0.2) is 315 Å². The molecule has 6 aromatic heterocycles. The molecule has 0 bridgehead atoms. The van der Waals surface area contributed by atoms with E-state index in [1.54, 1.807) is 0 Å². The molecule has 96 heavy (non-hydrogen) atoms. The van der Waals surface area contributed by atoms with E-state index in [9.17, 15) is 12.3 Å². The minimum atomic E-state index is -1.02. The van der Waals surface area contributed by atoms with Crippen LogP contribution in [0, 0.1) is 0 Å². The number of para-hydroxylation sites is 2. The van der Waals surface area contributed by atoms with Gasteiger partial charge in [-0.25, -0.2) is 29.9 Å². The number of hydrogen-bond acceptors (Lipinski definition) is 10. The van der Waals surface area contributed by atoms with E-state index in [0.717, 1.165) is 0 Å². The Labute approximate surface area is 622 Å². The molecule has 0 atom stereocenters. The van der Waals surface area contributed by atoms with Crippen molar-refractivity contribution in [3.8, 4) is 90.6 Å². The fraction of sp³-hybridized carbons (Fsp3) is 0. The first-order valence-electron chi connectivity index (χ1n) is 52.8. The fourth-order valence-corrected chi connectivity index (χ4v) is 11.7. The summed E-state index contributed by atoms with van der Waals surface area (Å²) in [5.74, 6) is -4.80. The molecule has 0 radical (unpaired) electrons. The molecular formula is C86H50N6O3S. The molecular weight excluding hydrogens is 1200 g/mol. The summed E-state index contributed by atoms with van der Waals surface area (Å²) < 4.78 is 457. The molecule has 0 saturated heterocycles. The fourth-order valence-electron chi connectivity index (χ4n) is 10.7. The maximum Gasteiger partial charge on any atom is 0.164 e. The molecule has 0 aliphatic carbocycles. The molecule has 20 aromatic rings. The monoisotopic (exact) mass is 1300 g/mol. The van der Waals surface area contributed by atoms with Crippen LogP contribution in [0.4, 0.5) is 0 Å². The maximum absolute atomic E-state index is 9.49. The summed E-state index contributed by atoms with van der Waals surface area (Å²) in [5.41, 5.74) is -9.97. The zero-order valence-electron chi connectivity index (χ0n) is 97.3. The van der Waals surface area contributed by atoms with Crippen LogP contribution in [0.1, 0.15) is 68.5 Å². The Morgan fingerprint density at radius 2 is 0.552 bits per heavy atom. The summed E-state index contributed by atoms with van der Waals surface area (Å²) in [5, 5.41) is -4.47. The lowest BCUT2D eigenvalue weighted by molar-refractivity contribution is 0.668. The van der Waals surface area contributed by atoms with Crippen LogP contribution in [0.2, 0.25) is 0 Å². The molecule has 0 N–H and O–H groups in total. The van der Waals surface area contributed by atoms with E-state index in [1.165, 1.54) is 0 Å². The topological polar surface area (TPSA) is 117 Å². The summed E-state index contributed by atoms with van der Waals surface area (Å²) in [6, 6.07) is -40.6. The highest BCUT2D eigenvalue weighted by Gasteiger charge is 2.22. The number of hydrogen-bond donors (Lipinski definition) is 0. The Morgan fingerprint density at radius 3 is 1.07 bits per heavy atom. The van der Waals surface area contributed by atoms with Gasteiger partial charge in [-0.1, -0.05) is 254 Å². The van der Waals surface area contributed by atoms with Gasteiger partial charge in [0.1, 0.15) is 33.5 Å². The van der Waals surface area contributed by atoms with Gasteiger partial charge >= 0.3 is 0 Å². The van der Waals surface area contributed by atoms with E-state index in [0.29, 0.717) is 11.3 Å². The number of aromatic nitrogens is 6. The predicted octanol–water partition coefficient (Wildman–Crippen LogP) is 23.5. The molecule has 448 valence electrons. The molecule has 0 saturated carbocycles. The van der Waals surface area contributed by atoms with Gasteiger partial charge in [-0.3, -0.25) is 0 Å². The van der Waals surface area contributed by atoms with Gasteiger partial charge in [0.2, 0.25) is 0 Å². The Morgan fingerprint density at radius 1 is 0.208 bits per heavy atom. The highest BCUT2D eigenvalue weighted by atomic mass is 32.1. The zero-order valence-corrected chi connectivity index (χ0v) is 48.1. The van der Waals surface area contributed by atoms with Gasteiger partial charge in [-0.05, 0) is 92.1 Å². The summed E-state index contributed by atoms with van der Waals surface area (Å²) in [6.07, 6.45) is 0. The molecule has 9 nitrogen and oxygen atoms in total. The van der Waals surface area contributed by atoms with E-state index in [2.05, 4.69) is 29.9 Å². The average molecular weight is 1300 g/mol. The highest BCUT2D eigenvalue weighted by molar-refractivity contribution is 7.26. The number of furan rings is 3. The van der Waals surface area contributed by atoms with Crippen molar-refractivity contribution in [1.82, 2.24) is 29.9 Å². The van der Waals surface area contributed by atoms with Crippen LogP contribution in [0.25, 0.3) is 198 Å². The predicted molar refractivity (Wildman–Crippen MR) is 393 cm³/mol. The number of nitrogens with zero attached hydrogens (tertiary/aromatic N) is 6. The Bertz CT molecular complexity index is 9000. The second-order valence-corrected chi connectivity index (χ2v) is 21.2. The van der Waals surface area contributed by atoms with Crippen LogP contribution < -0.4 is 0 Å². The molecule has 0 amide bonds. The Kier molecular flexibility index (Phi) is 5.77. The summed E-state index contributed by atoms with van der Waals surface area (Å²) in [7, 11) is 0. The Balaban J connectivity index is 0.000000184. The quantitative estimate of drug-likeness (QED) is 0.147. The summed E-state index contributed by atoms with van der Waals surface area (Å²) in [6.45, 7) is 0. The van der Waals surface area contributed by atoms with Gasteiger partial charge < -0.3 is 13.3 Å². The average Bonchev–Trinajstić information content (AvgIpc) is 1.52. The molecule has 10 heteroatoms. The van der Waals surface area contributed by atoms with E-state index < -0.39 is 469 Å². The number of thiophene rings is 1. The van der Waals surface area contributed by atoms with Crippen molar-refractivity contribution < 1.29 is 81.8 Å². The van der Waals surface area contributed by atoms with Crippen LogP contribution in [0.5, 0.6) is 0 Å². The van der Waals surface area contributed by atoms with Crippen molar-refractivity contribution in [3.63, 3.8) is 0 Å². The zero-order chi connectivity index (χ0) is 107. The first-order valence-corrected chi connectivity index (χ1v) is 28.6. The van der Waals surface area contributed by atoms with Crippen LogP contribution >= 0.6 is 11.3 Å². The Hall–Kier alpha value is -12.8. The van der Waals surface area contributed by atoms with Crippen molar-refractivity contribution >= 4 is 119 Å². The van der Waals surface area contributed by atoms with Crippen molar-refractivity contribution in [2.24, 2.45) is 0 Å². The number of benzene rings is 14. The SMILES string of the molecule is [2H]c1c([2H])c([2H])c(-c2nc(-c3c([2H])c([2H])c(-c4c([2H])c([2H])c([2H])c5oc6c([2H])c([2H])c7c([2H])c([2H])c([2H])c([2H])c7c6c45)c([2H])c3[2H])nc(-c3c([2H])c([2H])c([2H])c4oc5c([2H])c([2H])c([2H])c([2H])c5c34)n2)c([2H])c1[2H].[2H]c1c([2H])c([2H])c(-c2nc(-c3c([2H])c([2H])c(-c4c([2H])c([2H])c([2H])c5sc6c([2H])c([2H])c7c([2H])c([2H])c([2H])c([2H])c7c6c45)c([2H])c3[2H])nc(-c3c([2H])c([2H])c([2H])c4oc5c([2H])c([2H])c([2H])c([2H])c5c34)n2)c([2H])c1[2H]. The summed E-state index contributed by atoms with van der Waals surface area (Å²) in [4.78, 5) is 26.2. The van der Waals surface area contributed by atoms with Crippen molar-refractivity contribution in [3.05, 3.63) is 302 Å². The van der Waals surface area contributed by atoms with Gasteiger partial charge in [-0.15, -0.1) is 11.3 Å². The van der Waals surface area contributed by atoms with Gasteiger partial charge in [0, 0.05) is 85.9 Å². The van der Waals surface area contributed by atoms with Gasteiger partial charge in [0.15, 0.2) is 34.9 Å². The van der Waals surface area contributed by atoms with Crippen LogP contribution in [0.3, 0.4) is 0 Å². The minimum Gasteiger partial charge on any atom is -0.456 e. The third-order valence-electron chi connectivity index (χ3n) is 14.8. The largest absolute Gasteiger partial charge is 0.456 e. The molecule has 14 aromatic carbocycles. The molecule has 0 spiro atoms. The lowest BCUT2D eigenvalue weighted by atomic mass is 9.96. The number of rotatable bonds is 8. The van der Waals surface area contributed by atoms with E-state index in [-0.39, 0.29) is 30.9 Å². The third kappa shape index (κ3) is 9.29. The van der Waals surface area contributed by atoms with Gasteiger partial charge in [0.25, 0.3) is 0 Å². The second-order valence-electron chi connectivity index (χ2n) is 20.2. The molecule has 0 unspecified atom stereocenters. The molecule has 0 aliphatic heterocycles. The van der Waals surface area contributed by atoms with Gasteiger partial charge in [0.05, 0.1) is 68.5 Å². The molecule has 20 rings (SSSR count). The van der Waals surface area contributed by atoms with E-state index in [4.69, 9.17) is 69.5 Å². The van der Waals surface area contributed by atoms with Gasteiger partial charge in [-0.2, -0.15) is 0 Å². The van der Waals surface area contributed by atoms with Crippen LogP contribution in [-0.4, -0.2) is 29.9 Å². The highest BCUT2D eigenvalue weighted by Crippen LogP contribution is 2.46. The molecule has 0 fully saturated rings. The third-order valence-corrected chi connectivity index (χ3v) is 15.8. The summed E-state index contributed by atoms with van der Waals surface area (Å²) >= 11 is 0.680. The van der Waals surface area contributed by atoms with Crippen molar-refractivity contribution in [2.75, 3.05) is 0 Å². The maximum atomic E-state index is 9.49. The number of fused-ring (bicyclic) bond motifs is 16. The molecule has 6 heterocycles. The minimum absolute atomic E-state index is 0.111. The van der Waals surface area contributed by atoms with Crippen molar-refractivity contribution in [1.29, 1.82) is 0 Å². The van der Waals surface area contributed by atoms with Crippen molar-refractivity contribution in [2.45, 2.75) is 0 Å². The second kappa shape index (κ2) is 22.5. The van der Waals surface area contributed by atoms with E-state index >= 15 is 0 Å². The lowest BCUT2D eigenvalue weighted by Crippen LogP contribution is -2.00. The van der Waals surface area contributed by atoms with E-state index in [1.807, 2.05) is 0 Å². The first-order chi connectivity index (χ1) is 68.4. The smallest absolute Gasteiger partial charge is 0.164 e. The normalized spacial score (nSPS) is 19.0. The molecule has 0 aliphatic rings. The lowest BCUT2D eigenvalue weighted by Gasteiger charge is -2.10. The standard InChI is InChI=1S/C43H25N3O2.C43H25N3OS/c1-2-11-28(12-3-1)41-44-42(46-43(45-41)33-16-9-18-35-38(33)32-14-6-7-17-34(32)47-35)29-22-20-27(21-23-29)31-15-8-19-36-39(31)40-30-13-5-4-10-26(30)24-25-37(40)48-36;1-2-11-28(12-3-1)41-44-42(46-43(45-41)33-16-8-18-35-38(33)32-14-6-7-17-34(32)47-35)29-22-20-27(21-23-29)31-15-9-19-36-39(31)40-30-13-5-4-10-26(30)24-25-37(40)48-36/h2*1-25H/i2*1D,2D,3D,4D,5D,6D,7D,8D,9D,10D,11D,12D,13D,14D,15D,16D,17D,18D,19D,20D,21D,22D,23D,24D,25D.